The zero-order chi connectivity index (χ0) is 45.9. The predicted octanol–water partition coefficient (Wildman–Crippen LogP) is 12.9. The smallest absolute Gasteiger partial charge is 0.869 e. The van der Waals surface area contributed by atoms with Crippen LogP contribution >= 0.6 is 0 Å². The third kappa shape index (κ3) is 20.0. The van der Waals surface area contributed by atoms with Gasteiger partial charge in [0.1, 0.15) is 11.5 Å². The summed E-state index contributed by atoms with van der Waals surface area (Å²) in [5.41, 5.74) is 6.18. The summed E-state index contributed by atoms with van der Waals surface area (Å²) in [6.07, 6.45) is 19.6. The topological polar surface area (TPSA) is 186 Å². The molecular weight excluding hydrogens is 887 g/mol. The molecule has 0 atom stereocenters. The molecule has 10 nitrogen and oxygen atoms in total. The molecule has 4 aromatic carbocycles. The van der Waals surface area contributed by atoms with E-state index < -0.39 is 34.9 Å². The Morgan fingerprint density at radius 2 is 0.841 bits per heavy atom. The van der Waals surface area contributed by atoms with Gasteiger partial charge in [0, 0.05) is 0 Å². The van der Waals surface area contributed by atoms with Crippen LogP contribution in [0.2, 0.25) is 0 Å². The number of aromatic hydroxyl groups is 2. The van der Waals surface area contributed by atoms with Crippen molar-refractivity contribution in [3.05, 3.63) is 106 Å². The van der Waals surface area contributed by atoms with Gasteiger partial charge in [-0.2, -0.15) is 0 Å². The summed E-state index contributed by atoms with van der Waals surface area (Å²) in [7, 11) is 0. The summed E-state index contributed by atoms with van der Waals surface area (Å²) in [5, 5.41) is 59.7. The zero-order valence-corrected chi connectivity index (χ0v) is 39.8. The first-order valence-corrected chi connectivity index (χ1v) is 22.6. The second-order valence-corrected chi connectivity index (χ2v) is 15.7. The van der Waals surface area contributed by atoms with Gasteiger partial charge in [0.25, 0.3) is 0 Å². The molecule has 4 rings (SSSR count). The minimum atomic E-state index is -1.28. The number of aliphatic imine (C=N–C) groups is 2. The van der Waals surface area contributed by atoms with Gasteiger partial charge in [-0.05, 0) is 124 Å². The molecule has 4 aromatic rings. The fourth-order valence-corrected chi connectivity index (χ4v) is 7.02. The number of nitrogens with zero attached hydrogens (tertiary/aromatic N) is 2. The van der Waals surface area contributed by atoms with E-state index in [0.29, 0.717) is 24.0 Å². The molecular formula is C52H70N2O8Pd. The Morgan fingerprint density at radius 1 is 0.508 bits per heavy atom. The normalized spacial score (nSPS) is 11.1. The first kappa shape index (κ1) is 56.0. The number of hydrogen-bond acceptors (Lipinski definition) is 8. The van der Waals surface area contributed by atoms with Crippen molar-refractivity contribution in [3.8, 4) is 23.0 Å². The van der Waals surface area contributed by atoms with E-state index in [2.05, 4.69) is 76.2 Å². The van der Waals surface area contributed by atoms with Crippen LogP contribution in [-0.2, 0) is 33.3 Å². The SMILES string of the molecule is CCCCCCCCC(=Nc1ccccc1)C(CCCC)=Nc1ccccc1.CCCCCc1cc(O)c([O-])c(C(=O)O)c1C.CCCCCc1cc(O)c([O-])c(C(=O)O)c1C.[Pd+2]. The molecule has 0 saturated heterocycles. The fraction of sp³-hybridized carbons (Fsp3) is 0.462. The minimum Gasteiger partial charge on any atom is -0.869 e. The number of benzene rings is 4. The third-order valence-corrected chi connectivity index (χ3v) is 10.7. The van der Waals surface area contributed by atoms with Crippen LogP contribution in [0.1, 0.15) is 173 Å². The van der Waals surface area contributed by atoms with E-state index in [9.17, 15) is 30.0 Å². The Bertz CT molecular complexity index is 1930. The van der Waals surface area contributed by atoms with Gasteiger partial charge in [0.05, 0.1) is 33.9 Å². The second kappa shape index (κ2) is 31.8. The van der Waals surface area contributed by atoms with Gasteiger partial charge in [-0.25, -0.2) is 9.59 Å². The molecule has 0 amide bonds. The molecule has 0 radical (unpaired) electrons. The molecule has 63 heavy (non-hydrogen) atoms. The Morgan fingerprint density at radius 3 is 1.21 bits per heavy atom. The monoisotopic (exact) mass is 956 g/mol. The molecule has 0 aromatic heterocycles. The van der Waals surface area contributed by atoms with Crippen LogP contribution in [0.4, 0.5) is 11.4 Å². The number of carboxylic acid groups (broad SMARTS) is 2. The second-order valence-electron chi connectivity index (χ2n) is 15.7. The molecule has 0 spiro atoms. The van der Waals surface area contributed by atoms with Crippen molar-refractivity contribution in [2.24, 2.45) is 9.98 Å². The van der Waals surface area contributed by atoms with Crippen molar-refractivity contribution in [2.75, 3.05) is 0 Å². The molecule has 0 unspecified atom stereocenters. The molecule has 0 bridgehead atoms. The number of aromatic carboxylic acids is 2. The zero-order valence-electron chi connectivity index (χ0n) is 38.3. The molecule has 0 fully saturated rings. The average molecular weight is 958 g/mol. The number of aryl methyl sites for hydroxylation is 2. The summed E-state index contributed by atoms with van der Waals surface area (Å²) in [4.78, 5) is 32.0. The summed E-state index contributed by atoms with van der Waals surface area (Å²) >= 11 is 0. The van der Waals surface area contributed by atoms with E-state index in [0.717, 1.165) is 86.0 Å². The van der Waals surface area contributed by atoms with Crippen LogP contribution in [0.3, 0.4) is 0 Å². The van der Waals surface area contributed by atoms with E-state index in [1.165, 1.54) is 62.8 Å². The van der Waals surface area contributed by atoms with Crippen LogP contribution in [0.15, 0.2) is 82.8 Å². The fourth-order valence-electron chi connectivity index (χ4n) is 7.02. The van der Waals surface area contributed by atoms with Gasteiger partial charge >= 0.3 is 32.4 Å². The van der Waals surface area contributed by atoms with Crippen molar-refractivity contribution < 1.29 is 60.7 Å². The average Bonchev–Trinajstić information content (AvgIpc) is 3.25. The molecule has 0 aliphatic rings. The standard InChI is InChI=1S/C26H36N2.2C13H18O4.Pd/c1-3-5-7-8-9-16-22-26(28-24-19-14-11-15-20-24)25(21-6-4-2)27-23-17-12-10-13-18-23;2*1-3-4-5-6-9-7-10(14)12(15)11(8(9)2)13(16)17;/h10-15,17-20H,3-9,16,21-22H2,1-2H3;2*7,14-15H,3-6H2,1-2H3,(H,16,17);/q;;;+2/p-2. The summed E-state index contributed by atoms with van der Waals surface area (Å²) in [5.74, 6) is -5.09. The molecule has 346 valence electrons. The Hall–Kier alpha value is -4.98. The number of phenolic OH excluding ortho intramolecular Hbond substituents is 2. The number of unbranched alkanes of at least 4 members (excludes halogenated alkanes) is 10. The number of hydrogen-bond donors (Lipinski definition) is 4. The minimum absolute atomic E-state index is 0. The van der Waals surface area contributed by atoms with Gasteiger partial charge in [-0.3, -0.25) is 9.98 Å². The van der Waals surface area contributed by atoms with Gasteiger partial charge in [0.2, 0.25) is 0 Å². The Kier molecular flexibility index (Phi) is 28.3. The predicted molar refractivity (Wildman–Crippen MR) is 250 cm³/mol. The van der Waals surface area contributed by atoms with Crippen LogP contribution in [0, 0.1) is 13.8 Å². The van der Waals surface area contributed by atoms with E-state index in [-0.39, 0.29) is 31.5 Å². The summed E-state index contributed by atoms with van der Waals surface area (Å²) in [6, 6.07) is 23.4. The first-order chi connectivity index (χ1) is 29.8. The van der Waals surface area contributed by atoms with Crippen LogP contribution in [-0.4, -0.2) is 43.8 Å². The maximum Gasteiger partial charge on any atom is 2.00 e. The molecule has 4 N–H and O–H groups in total. The number of para-hydroxylation sites is 2. The maximum absolute atomic E-state index is 11.5. The van der Waals surface area contributed by atoms with Crippen molar-refractivity contribution in [2.45, 2.75) is 157 Å². The number of carboxylic acids is 2. The van der Waals surface area contributed by atoms with E-state index >= 15 is 0 Å². The summed E-state index contributed by atoms with van der Waals surface area (Å²) < 4.78 is 0. The number of rotatable bonds is 23. The molecule has 11 heteroatoms. The summed E-state index contributed by atoms with van der Waals surface area (Å²) in [6.45, 7) is 11.9. The van der Waals surface area contributed by atoms with Crippen molar-refractivity contribution in [1.82, 2.24) is 0 Å². The Labute approximate surface area is 389 Å². The molecule has 0 aliphatic carbocycles. The third-order valence-electron chi connectivity index (χ3n) is 10.7. The van der Waals surface area contributed by atoms with Gasteiger partial charge in [0.15, 0.2) is 0 Å². The Balaban J connectivity index is 0.000000494. The van der Waals surface area contributed by atoms with Gasteiger partial charge < -0.3 is 30.6 Å². The van der Waals surface area contributed by atoms with Crippen molar-refractivity contribution in [1.29, 1.82) is 0 Å². The van der Waals surface area contributed by atoms with Crippen LogP contribution in [0.5, 0.6) is 23.0 Å². The van der Waals surface area contributed by atoms with Crippen LogP contribution in [0.25, 0.3) is 0 Å². The maximum atomic E-state index is 11.5. The molecule has 0 aliphatic heterocycles. The van der Waals surface area contributed by atoms with Crippen LogP contribution < -0.4 is 10.2 Å². The largest absolute Gasteiger partial charge is 2.00 e. The van der Waals surface area contributed by atoms with Crippen molar-refractivity contribution >= 4 is 34.7 Å². The van der Waals surface area contributed by atoms with E-state index in [4.69, 9.17) is 20.2 Å². The van der Waals surface area contributed by atoms with E-state index in [1.54, 1.807) is 13.8 Å². The first-order valence-electron chi connectivity index (χ1n) is 22.6. The number of carbonyl (C=O) groups is 2. The van der Waals surface area contributed by atoms with Gasteiger partial charge in [-0.15, -0.1) is 0 Å². The van der Waals surface area contributed by atoms with Gasteiger partial charge in [-0.1, -0.05) is 140 Å². The van der Waals surface area contributed by atoms with E-state index in [1.807, 2.05) is 12.1 Å². The number of phenols is 2. The quantitative estimate of drug-likeness (QED) is 0.0321. The molecule has 0 saturated carbocycles. The molecule has 0 heterocycles. The van der Waals surface area contributed by atoms with Crippen molar-refractivity contribution in [3.63, 3.8) is 0 Å².